The van der Waals surface area contributed by atoms with Crippen LogP contribution in [0.2, 0.25) is 0 Å². The average molecular weight is 564 g/mol. The number of hydrogen-bond acceptors (Lipinski definition) is 5. The zero-order valence-electron chi connectivity index (χ0n) is 19.8. The largest absolute Gasteiger partial charge is 0.318 e. The molecule has 0 atom stereocenters. The SMILES string of the molecule is Cc1sc2ncn(CC(=O)Nc3c(C)n(C)n(-c4ccccc4)c3=O)c(=O)c2c1-c1ccc(Br)cc1. The number of aromatic nitrogens is 4. The number of nitrogens with one attached hydrogen (secondary N) is 1. The molecule has 0 aliphatic carbocycles. The topological polar surface area (TPSA) is 90.9 Å². The number of carbonyl (C=O) groups is 1. The van der Waals surface area contributed by atoms with Crippen LogP contribution in [0.4, 0.5) is 5.69 Å². The van der Waals surface area contributed by atoms with Crippen LogP contribution < -0.4 is 16.4 Å². The molecule has 0 saturated carbocycles. The molecule has 0 aliphatic rings. The van der Waals surface area contributed by atoms with E-state index in [4.69, 9.17) is 0 Å². The lowest BCUT2D eigenvalue weighted by Crippen LogP contribution is -2.29. The summed E-state index contributed by atoms with van der Waals surface area (Å²) < 4.78 is 5.40. The van der Waals surface area contributed by atoms with Crippen molar-refractivity contribution in [1.29, 1.82) is 0 Å². The second-order valence-corrected chi connectivity index (χ2v) is 10.5. The summed E-state index contributed by atoms with van der Waals surface area (Å²) in [5.74, 6) is -0.485. The van der Waals surface area contributed by atoms with E-state index in [0.29, 0.717) is 21.6 Å². The molecule has 0 aliphatic heterocycles. The first kappa shape index (κ1) is 24.0. The molecule has 0 unspecified atom stereocenters. The van der Waals surface area contributed by atoms with Crippen LogP contribution in [0.1, 0.15) is 10.6 Å². The Morgan fingerprint density at radius 3 is 2.42 bits per heavy atom. The molecule has 10 heteroatoms. The minimum absolute atomic E-state index is 0.176. The lowest BCUT2D eigenvalue weighted by Gasteiger charge is -2.08. The van der Waals surface area contributed by atoms with Gasteiger partial charge in [-0.1, -0.05) is 46.3 Å². The van der Waals surface area contributed by atoms with Gasteiger partial charge < -0.3 is 5.32 Å². The van der Waals surface area contributed by atoms with Crippen LogP contribution in [0.3, 0.4) is 0 Å². The van der Waals surface area contributed by atoms with Crippen LogP contribution in [-0.2, 0) is 18.4 Å². The van der Waals surface area contributed by atoms with Gasteiger partial charge in [0.05, 0.1) is 23.1 Å². The number of hydrogen-bond donors (Lipinski definition) is 1. The standard InChI is InChI=1S/C26H22BrN5O3S/c1-15-23(26(35)32(30(15)3)19-7-5-4-6-8-19)29-20(33)13-31-14-28-24-22(25(31)34)21(16(2)36-24)17-9-11-18(27)12-10-17/h4-12,14H,13H2,1-3H3,(H,29,33). The number of thiophene rings is 1. The molecule has 1 N–H and O–H groups in total. The zero-order valence-corrected chi connectivity index (χ0v) is 22.2. The van der Waals surface area contributed by atoms with Crippen LogP contribution in [0.5, 0.6) is 0 Å². The Morgan fingerprint density at radius 1 is 1.03 bits per heavy atom. The number of benzene rings is 2. The Bertz CT molecular complexity index is 1730. The van der Waals surface area contributed by atoms with Crippen LogP contribution in [0.15, 0.2) is 75.0 Å². The summed E-state index contributed by atoms with van der Waals surface area (Å²) >= 11 is 4.89. The summed E-state index contributed by atoms with van der Waals surface area (Å²) in [7, 11) is 1.75. The number of amides is 1. The van der Waals surface area contributed by atoms with Gasteiger partial charge in [0.15, 0.2) is 0 Å². The molecule has 0 saturated heterocycles. The van der Waals surface area contributed by atoms with Gasteiger partial charge in [-0.2, -0.15) is 0 Å². The number of para-hydroxylation sites is 1. The highest BCUT2D eigenvalue weighted by Gasteiger charge is 2.20. The molecule has 0 bridgehead atoms. The Labute approximate surface area is 218 Å². The van der Waals surface area contributed by atoms with Crippen molar-refractivity contribution >= 4 is 49.1 Å². The Morgan fingerprint density at radius 2 is 1.72 bits per heavy atom. The maximum atomic E-state index is 13.4. The normalized spacial score (nSPS) is 11.2. The third-order valence-corrected chi connectivity index (χ3v) is 7.66. The van der Waals surface area contributed by atoms with E-state index in [1.54, 1.807) is 18.7 Å². The quantitative estimate of drug-likeness (QED) is 0.337. The van der Waals surface area contributed by atoms with Gasteiger partial charge in [0, 0.05) is 22.0 Å². The maximum absolute atomic E-state index is 13.4. The van der Waals surface area contributed by atoms with E-state index in [0.717, 1.165) is 20.5 Å². The average Bonchev–Trinajstić information content (AvgIpc) is 3.31. The van der Waals surface area contributed by atoms with Crippen molar-refractivity contribution in [2.45, 2.75) is 20.4 Å². The molecule has 3 heterocycles. The summed E-state index contributed by atoms with van der Waals surface area (Å²) in [5, 5.41) is 3.19. The summed E-state index contributed by atoms with van der Waals surface area (Å²) in [6, 6.07) is 16.9. The molecule has 0 fully saturated rings. The van der Waals surface area contributed by atoms with E-state index in [2.05, 4.69) is 26.2 Å². The second-order valence-electron chi connectivity index (χ2n) is 8.38. The zero-order chi connectivity index (χ0) is 25.6. The summed E-state index contributed by atoms with van der Waals surface area (Å²) in [4.78, 5) is 45.6. The molecule has 8 nitrogen and oxygen atoms in total. The third kappa shape index (κ3) is 4.12. The van der Waals surface area contributed by atoms with Gasteiger partial charge in [0.2, 0.25) is 5.91 Å². The van der Waals surface area contributed by atoms with Crippen LogP contribution >= 0.6 is 27.3 Å². The number of nitrogens with zero attached hydrogens (tertiary/aromatic N) is 4. The van der Waals surface area contributed by atoms with Crippen molar-refractivity contribution in [3.05, 3.63) is 96.7 Å². The predicted octanol–water partition coefficient (Wildman–Crippen LogP) is 4.63. The number of anilines is 1. The fourth-order valence-electron chi connectivity index (χ4n) is 4.26. The Balaban J connectivity index is 1.48. The fraction of sp³-hybridized carbons (Fsp3) is 0.154. The van der Waals surface area contributed by atoms with E-state index < -0.39 is 5.91 Å². The van der Waals surface area contributed by atoms with Crippen LogP contribution in [0.25, 0.3) is 27.0 Å². The summed E-state index contributed by atoms with van der Waals surface area (Å²) in [6.45, 7) is 3.45. The van der Waals surface area contributed by atoms with Gasteiger partial charge in [-0.15, -0.1) is 11.3 Å². The van der Waals surface area contributed by atoms with E-state index >= 15 is 0 Å². The smallest absolute Gasteiger partial charge is 0.295 e. The molecular formula is C26H22BrN5O3S. The number of aryl methyl sites for hydroxylation is 1. The minimum atomic E-state index is -0.485. The first-order chi connectivity index (χ1) is 17.3. The van der Waals surface area contributed by atoms with Crippen molar-refractivity contribution < 1.29 is 4.79 Å². The van der Waals surface area contributed by atoms with Gasteiger partial charge in [-0.3, -0.25) is 23.6 Å². The molecule has 1 amide bonds. The van der Waals surface area contributed by atoms with Crippen molar-refractivity contribution in [2.75, 3.05) is 5.32 Å². The lowest BCUT2D eigenvalue weighted by molar-refractivity contribution is -0.116. The molecular weight excluding hydrogens is 542 g/mol. The molecule has 0 radical (unpaired) electrons. The van der Waals surface area contributed by atoms with Crippen molar-refractivity contribution in [3.8, 4) is 16.8 Å². The maximum Gasteiger partial charge on any atom is 0.295 e. The van der Waals surface area contributed by atoms with Gasteiger partial charge in [-0.05, 0) is 43.7 Å². The van der Waals surface area contributed by atoms with Gasteiger partial charge in [-0.25, -0.2) is 9.67 Å². The lowest BCUT2D eigenvalue weighted by atomic mass is 10.0. The van der Waals surface area contributed by atoms with E-state index in [1.165, 1.54) is 26.9 Å². The van der Waals surface area contributed by atoms with Crippen molar-refractivity contribution in [2.24, 2.45) is 7.05 Å². The predicted molar refractivity (Wildman–Crippen MR) is 146 cm³/mol. The van der Waals surface area contributed by atoms with Crippen molar-refractivity contribution in [1.82, 2.24) is 18.9 Å². The molecule has 2 aromatic carbocycles. The summed E-state index contributed by atoms with van der Waals surface area (Å²) in [6.07, 6.45) is 1.38. The van der Waals surface area contributed by atoms with Gasteiger partial charge in [0.1, 0.15) is 17.1 Å². The molecule has 5 aromatic rings. The van der Waals surface area contributed by atoms with Gasteiger partial charge >= 0.3 is 0 Å². The highest BCUT2D eigenvalue weighted by atomic mass is 79.9. The second kappa shape index (κ2) is 9.36. The monoisotopic (exact) mass is 563 g/mol. The highest BCUT2D eigenvalue weighted by Crippen LogP contribution is 2.35. The summed E-state index contributed by atoms with van der Waals surface area (Å²) in [5.41, 5.74) is 2.54. The Hall–Kier alpha value is -3.76. The first-order valence-corrected chi connectivity index (χ1v) is 12.8. The van der Waals surface area contributed by atoms with Crippen molar-refractivity contribution in [3.63, 3.8) is 0 Å². The Kier molecular flexibility index (Phi) is 6.23. The van der Waals surface area contributed by atoms with E-state index in [1.807, 2.05) is 61.5 Å². The molecule has 182 valence electrons. The molecule has 0 spiro atoms. The number of carbonyl (C=O) groups excluding carboxylic acids is 1. The van der Waals surface area contributed by atoms with Gasteiger partial charge in [0.25, 0.3) is 11.1 Å². The highest BCUT2D eigenvalue weighted by molar-refractivity contribution is 9.10. The van der Waals surface area contributed by atoms with E-state index in [-0.39, 0.29) is 23.4 Å². The first-order valence-electron chi connectivity index (χ1n) is 11.1. The van der Waals surface area contributed by atoms with E-state index in [9.17, 15) is 14.4 Å². The minimum Gasteiger partial charge on any atom is -0.318 e. The number of halogens is 1. The fourth-order valence-corrected chi connectivity index (χ4v) is 5.53. The molecule has 5 rings (SSSR count). The third-order valence-electron chi connectivity index (χ3n) is 6.12. The molecule has 3 aromatic heterocycles. The number of rotatable bonds is 5. The number of fused-ring (bicyclic) bond motifs is 1. The van der Waals surface area contributed by atoms with Crippen LogP contribution in [0, 0.1) is 13.8 Å². The van der Waals surface area contributed by atoms with Crippen LogP contribution in [-0.4, -0.2) is 24.8 Å². The molecule has 36 heavy (non-hydrogen) atoms.